The van der Waals surface area contributed by atoms with Crippen LogP contribution >= 0.6 is 12.4 Å². The van der Waals surface area contributed by atoms with Gasteiger partial charge in [-0.2, -0.15) is 0 Å². The van der Waals surface area contributed by atoms with Crippen LogP contribution in [0.3, 0.4) is 0 Å². The van der Waals surface area contributed by atoms with E-state index in [9.17, 15) is 0 Å². The first-order chi connectivity index (χ1) is 6.03. The van der Waals surface area contributed by atoms with Crippen LogP contribution in [0.25, 0.3) is 0 Å². The topological polar surface area (TPSA) is 15.3 Å². The molecule has 86 valence electrons. The molecule has 0 saturated carbocycles. The van der Waals surface area contributed by atoms with Crippen LogP contribution in [0.2, 0.25) is 0 Å². The van der Waals surface area contributed by atoms with Crippen molar-refractivity contribution in [3.8, 4) is 0 Å². The fourth-order valence-electron chi connectivity index (χ4n) is 1.87. The van der Waals surface area contributed by atoms with E-state index >= 15 is 0 Å². The molecule has 1 N–H and O–H groups in total. The summed E-state index contributed by atoms with van der Waals surface area (Å²) < 4.78 is 0. The Morgan fingerprint density at radius 1 is 1.43 bits per heavy atom. The molecule has 3 heteroatoms. The fraction of sp³-hybridized carbons (Fsp3) is 1.00. The van der Waals surface area contributed by atoms with Crippen molar-refractivity contribution in [2.45, 2.75) is 40.2 Å². The van der Waals surface area contributed by atoms with Gasteiger partial charge in [0.05, 0.1) is 0 Å². The van der Waals surface area contributed by atoms with Crippen LogP contribution in [0.5, 0.6) is 0 Å². The number of halogens is 1. The molecule has 1 aliphatic rings. The summed E-state index contributed by atoms with van der Waals surface area (Å²) in [6.45, 7) is 14.1. The van der Waals surface area contributed by atoms with Crippen molar-refractivity contribution >= 4 is 12.4 Å². The Kier molecular flexibility index (Phi) is 6.03. The largest absolute Gasteiger partial charge is 0.312 e. The molecule has 1 heterocycles. The summed E-state index contributed by atoms with van der Waals surface area (Å²) in [6.07, 6.45) is 1.27. The van der Waals surface area contributed by atoms with Crippen molar-refractivity contribution in [2.24, 2.45) is 5.41 Å². The Balaban J connectivity index is 0.00000169. The molecule has 14 heavy (non-hydrogen) atoms. The van der Waals surface area contributed by atoms with E-state index in [0.29, 0.717) is 11.5 Å². The van der Waals surface area contributed by atoms with Crippen molar-refractivity contribution in [3.63, 3.8) is 0 Å². The van der Waals surface area contributed by atoms with Gasteiger partial charge in [-0.25, -0.2) is 0 Å². The highest BCUT2D eigenvalue weighted by atomic mass is 35.5. The monoisotopic (exact) mass is 220 g/mol. The molecule has 1 atom stereocenters. The van der Waals surface area contributed by atoms with Crippen molar-refractivity contribution in [3.05, 3.63) is 0 Å². The number of nitrogens with zero attached hydrogens (tertiary/aromatic N) is 1. The van der Waals surface area contributed by atoms with Crippen LogP contribution in [0.15, 0.2) is 0 Å². The summed E-state index contributed by atoms with van der Waals surface area (Å²) in [5, 5.41) is 3.47. The van der Waals surface area contributed by atoms with Gasteiger partial charge in [0.15, 0.2) is 0 Å². The molecule has 0 unspecified atom stereocenters. The molecule has 0 aliphatic carbocycles. The number of nitrogens with one attached hydrogen (secondary N) is 1. The van der Waals surface area contributed by atoms with Crippen LogP contribution < -0.4 is 5.32 Å². The fourth-order valence-corrected chi connectivity index (χ4v) is 1.87. The SMILES string of the molecule is CCC(C)(C)CN1CCN[C@H](C)C1.Cl. The highest BCUT2D eigenvalue weighted by molar-refractivity contribution is 5.85. The van der Waals surface area contributed by atoms with E-state index in [-0.39, 0.29) is 12.4 Å². The first-order valence-corrected chi connectivity index (χ1v) is 5.49. The maximum Gasteiger partial charge on any atom is 0.0167 e. The van der Waals surface area contributed by atoms with Crippen LogP contribution in [0.1, 0.15) is 34.1 Å². The van der Waals surface area contributed by atoms with Crippen LogP contribution in [0, 0.1) is 5.41 Å². The second-order valence-corrected chi connectivity index (χ2v) is 5.11. The molecule has 0 spiro atoms. The van der Waals surface area contributed by atoms with Crippen LogP contribution in [-0.2, 0) is 0 Å². The molecule has 0 aromatic heterocycles. The molecule has 1 aliphatic heterocycles. The molecule has 0 amide bonds. The summed E-state index contributed by atoms with van der Waals surface area (Å²) in [6, 6.07) is 0.668. The van der Waals surface area contributed by atoms with E-state index in [1.807, 2.05) is 0 Å². The zero-order valence-corrected chi connectivity index (χ0v) is 10.8. The minimum absolute atomic E-state index is 0. The predicted octanol–water partition coefficient (Wildman–Crippen LogP) is 2.14. The molecule has 0 radical (unpaired) electrons. The number of hydrogen-bond donors (Lipinski definition) is 1. The van der Waals surface area contributed by atoms with Crippen molar-refractivity contribution in [1.29, 1.82) is 0 Å². The van der Waals surface area contributed by atoms with Gasteiger partial charge in [0.2, 0.25) is 0 Å². The summed E-state index contributed by atoms with van der Waals surface area (Å²) in [4.78, 5) is 2.59. The lowest BCUT2D eigenvalue weighted by Gasteiger charge is -2.37. The van der Waals surface area contributed by atoms with Gasteiger partial charge in [-0.1, -0.05) is 20.8 Å². The van der Waals surface area contributed by atoms with Crippen molar-refractivity contribution in [2.75, 3.05) is 26.2 Å². The van der Waals surface area contributed by atoms with Gasteiger partial charge in [0.1, 0.15) is 0 Å². The smallest absolute Gasteiger partial charge is 0.0167 e. The number of piperazine rings is 1. The first-order valence-electron chi connectivity index (χ1n) is 5.49. The average Bonchev–Trinajstić information content (AvgIpc) is 2.03. The third-order valence-corrected chi connectivity index (χ3v) is 3.06. The maximum atomic E-state index is 3.47. The summed E-state index contributed by atoms with van der Waals surface area (Å²) in [7, 11) is 0. The van der Waals surface area contributed by atoms with E-state index < -0.39 is 0 Å². The van der Waals surface area contributed by atoms with E-state index in [1.165, 1.54) is 26.1 Å². The highest BCUT2D eigenvalue weighted by Crippen LogP contribution is 2.21. The normalized spacial score (nSPS) is 24.4. The third kappa shape index (κ3) is 4.63. The Bertz CT molecular complexity index is 159. The summed E-state index contributed by atoms with van der Waals surface area (Å²) >= 11 is 0. The third-order valence-electron chi connectivity index (χ3n) is 3.06. The maximum absolute atomic E-state index is 3.47. The second-order valence-electron chi connectivity index (χ2n) is 5.11. The van der Waals surface area contributed by atoms with E-state index in [1.54, 1.807) is 0 Å². The standard InChI is InChI=1S/C11H24N2.ClH/c1-5-11(3,4)9-13-7-6-12-10(2)8-13;/h10,12H,5-9H2,1-4H3;1H/t10-;/m1./s1. The number of hydrogen-bond acceptors (Lipinski definition) is 2. The van der Waals surface area contributed by atoms with Gasteiger partial charge in [0, 0.05) is 32.2 Å². The molecule has 1 fully saturated rings. The summed E-state index contributed by atoms with van der Waals surface area (Å²) in [5.74, 6) is 0. The lowest BCUT2D eigenvalue weighted by molar-refractivity contribution is 0.138. The molecule has 1 rings (SSSR count). The lowest BCUT2D eigenvalue weighted by Crippen LogP contribution is -2.51. The van der Waals surface area contributed by atoms with Crippen molar-refractivity contribution < 1.29 is 0 Å². The molecular formula is C11H25ClN2. The first kappa shape index (κ1) is 14.2. The minimum atomic E-state index is 0. The van der Waals surface area contributed by atoms with Gasteiger partial charge in [-0.05, 0) is 18.8 Å². The zero-order chi connectivity index (χ0) is 9.90. The van der Waals surface area contributed by atoms with E-state index in [2.05, 4.69) is 37.9 Å². The van der Waals surface area contributed by atoms with Gasteiger partial charge in [-0.3, -0.25) is 0 Å². The molecule has 0 aromatic carbocycles. The van der Waals surface area contributed by atoms with E-state index in [4.69, 9.17) is 0 Å². The van der Waals surface area contributed by atoms with Crippen LogP contribution in [0.4, 0.5) is 0 Å². The molecule has 0 bridgehead atoms. The van der Waals surface area contributed by atoms with Gasteiger partial charge < -0.3 is 10.2 Å². The minimum Gasteiger partial charge on any atom is -0.312 e. The highest BCUT2D eigenvalue weighted by Gasteiger charge is 2.22. The molecule has 1 saturated heterocycles. The predicted molar refractivity (Wildman–Crippen MR) is 65.2 cm³/mol. The zero-order valence-electron chi connectivity index (χ0n) is 9.97. The van der Waals surface area contributed by atoms with Gasteiger partial charge in [-0.15, -0.1) is 12.4 Å². The molecule has 2 nitrogen and oxygen atoms in total. The van der Waals surface area contributed by atoms with E-state index in [0.717, 1.165) is 6.54 Å². The van der Waals surface area contributed by atoms with Gasteiger partial charge >= 0.3 is 0 Å². The molecule has 0 aromatic rings. The number of rotatable bonds is 3. The average molecular weight is 221 g/mol. The molecular weight excluding hydrogens is 196 g/mol. The lowest BCUT2D eigenvalue weighted by atomic mass is 9.89. The Morgan fingerprint density at radius 2 is 2.07 bits per heavy atom. The Labute approximate surface area is 94.8 Å². The Morgan fingerprint density at radius 3 is 2.57 bits per heavy atom. The van der Waals surface area contributed by atoms with Gasteiger partial charge in [0.25, 0.3) is 0 Å². The van der Waals surface area contributed by atoms with Crippen molar-refractivity contribution in [1.82, 2.24) is 10.2 Å². The van der Waals surface area contributed by atoms with Crippen LogP contribution in [-0.4, -0.2) is 37.1 Å². The Hall–Kier alpha value is 0.210. The second kappa shape index (κ2) is 5.94. The summed E-state index contributed by atoms with van der Waals surface area (Å²) in [5.41, 5.74) is 0.483. The quantitative estimate of drug-likeness (QED) is 0.784.